The molecule has 0 unspecified atom stereocenters. The van der Waals surface area contributed by atoms with Gasteiger partial charge in [-0.25, -0.2) is 19.4 Å². The summed E-state index contributed by atoms with van der Waals surface area (Å²) in [6, 6.07) is 0. The van der Waals surface area contributed by atoms with Gasteiger partial charge < -0.3 is 4.74 Å². The third kappa shape index (κ3) is 2.08. The van der Waals surface area contributed by atoms with Gasteiger partial charge in [-0.1, -0.05) is 0 Å². The Labute approximate surface area is 99.4 Å². The van der Waals surface area contributed by atoms with E-state index in [1.54, 1.807) is 12.4 Å². The number of carbonyl (C=O) groups excluding carboxylic acids is 1. The van der Waals surface area contributed by atoms with Crippen molar-refractivity contribution in [2.75, 3.05) is 7.11 Å². The first kappa shape index (κ1) is 10.7. The number of rotatable bonds is 2. The molecule has 0 radical (unpaired) electrons. The summed E-state index contributed by atoms with van der Waals surface area (Å²) in [6.07, 6.45) is 6.11. The van der Waals surface area contributed by atoms with Crippen LogP contribution in [-0.2, 0) is 4.74 Å². The summed E-state index contributed by atoms with van der Waals surface area (Å²) < 4.78 is 6.74. The Bertz CT molecular complexity index is 508. The van der Waals surface area contributed by atoms with Crippen LogP contribution in [0, 0.1) is 0 Å². The van der Waals surface area contributed by atoms with Gasteiger partial charge in [-0.2, -0.15) is 5.10 Å². The fraction of sp³-hybridized carbons (Fsp3) is 0.111. The molecule has 2 heterocycles. The fourth-order valence-corrected chi connectivity index (χ4v) is 1.28. The Morgan fingerprint density at radius 3 is 2.69 bits per heavy atom. The zero-order valence-electron chi connectivity index (χ0n) is 8.29. The van der Waals surface area contributed by atoms with Crippen LogP contribution in [0.4, 0.5) is 0 Å². The third-order valence-corrected chi connectivity index (χ3v) is 2.22. The number of carbonyl (C=O) groups is 1. The first-order chi connectivity index (χ1) is 7.70. The second kappa shape index (κ2) is 4.40. The Hall–Kier alpha value is -1.76. The minimum atomic E-state index is -0.441. The van der Waals surface area contributed by atoms with Crippen LogP contribution in [-0.4, -0.2) is 32.8 Å². The molecule has 0 saturated heterocycles. The van der Waals surface area contributed by atoms with Crippen molar-refractivity contribution in [1.29, 1.82) is 0 Å². The van der Waals surface area contributed by atoms with Gasteiger partial charge in [0.1, 0.15) is 0 Å². The van der Waals surface area contributed by atoms with E-state index in [1.165, 1.54) is 24.2 Å². The molecular weight excluding hydrogens is 276 g/mol. The van der Waals surface area contributed by atoms with Gasteiger partial charge in [-0.3, -0.25) is 0 Å². The maximum Gasteiger partial charge on any atom is 0.341 e. The molecule has 7 heteroatoms. The predicted molar refractivity (Wildman–Crippen MR) is 58.2 cm³/mol. The summed E-state index contributed by atoms with van der Waals surface area (Å²) in [6.45, 7) is 0. The van der Waals surface area contributed by atoms with Gasteiger partial charge in [-0.05, 0) is 15.9 Å². The van der Waals surface area contributed by atoms with Crippen LogP contribution in [0.15, 0.2) is 29.3 Å². The van der Waals surface area contributed by atoms with Gasteiger partial charge >= 0.3 is 5.97 Å². The predicted octanol–water partition coefficient (Wildman–Crippen LogP) is 1.21. The molecule has 0 aliphatic carbocycles. The van der Waals surface area contributed by atoms with Gasteiger partial charge in [0.15, 0.2) is 0 Å². The number of nitrogens with zero attached hydrogens (tertiary/aromatic N) is 4. The fourth-order valence-electron chi connectivity index (χ4n) is 1.08. The normalized spacial score (nSPS) is 10.1. The topological polar surface area (TPSA) is 69.9 Å². The van der Waals surface area contributed by atoms with Crippen molar-refractivity contribution in [2.45, 2.75) is 0 Å². The van der Waals surface area contributed by atoms with E-state index < -0.39 is 5.97 Å². The van der Waals surface area contributed by atoms with Gasteiger partial charge in [0.25, 0.3) is 5.95 Å². The number of hydrogen-bond acceptors (Lipinski definition) is 5. The smallest absolute Gasteiger partial charge is 0.341 e. The highest BCUT2D eigenvalue weighted by molar-refractivity contribution is 9.10. The Morgan fingerprint density at radius 2 is 2.06 bits per heavy atom. The molecule has 0 N–H and O–H groups in total. The zero-order chi connectivity index (χ0) is 11.5. The third-order valence-electron chi connectivity index (χ3n) is 1.82. The Kier molecular flexibility index (Phi) is 2.95. The van der Waals surface area contributed by atoms with E-state index in [4.69, 9.17) is 0 Å². The van der Waals surface area contributed by atoms with E-state index in [9.17, 15) is 4.79 Å². The highest BCUT2D eigenvalue weighted by Crippen LogP contribution is 2.08. The van der Waals surface area contributed by atoms with Crippen LogP contribution in [0.1, 0.15) is 10.4 Å². The quantitative estimate of drug-likeness (QED) is 0.775. The molecule has 2 rings (SSSR count). The second-order valence-corrected chi connectivity index (χ2v) is 3.78. The van der Waals surface area contributed by atoms with Gasteiger partial charge in [0, 0.05) is 18.6 Å². The number of esters is 1. The molecule has 2 aromatic heterocycles. The van der Waals surface area contributed by atoms with Crippen molar-refractivity contribution >= 4 is 21.9 Å². The van der Waals surface area contributed by atoms with Crippen LogP contribution >= 0.6 is 15.9 Å². The second-order valence-electron chi connectivity index (χ2n) is 2.87. The lowest BCUT2D eigenvalue weighted by atomic mass is 10.4. The van der Waals surface area contributed by atoms with Crippen LogP contribution < -0.4 is 0 Å². The van der Waals surface area contributed by atoms with Crippen LogP contribution in [0.25, 0.3) is 5.95 Å². The Balaban J connectivity index is 2.31. The van der Waals surface area contributed by atoms with Crippen molar-refractivity contribution < 1.29 is 9.53 Å². The molecule has 0 aromatic carbocycles. The minimum absolute atomic E-state index is 0.356. The average Bonchev–Trinajstić information content (AvgIpc) is 2.78. The SMILES string of the molecule is COC(=O)c1cnn(-c2ncc(Br)cn2)c1. The summed E-state index contributed by atoms with van der Waals surface area (Å²) in [4.78, 5) is 19.3. The summed E-state index contributed by atoms with van der Waals surface area (Å²) >= 11 is 3.23. The van der Waals surface area contributed by atoms with E-state index in [1.807, 2.05) is 0 Å². The minimum Gasteiger partial charge on any atom is -0.465 e. The van der Waals surface area contributed by atoms with Crippen molar-refractivity contribution in [3.63, 3.8) is 0 Å². The van der Waals surface area contributed by atoms with E-state index >= 15 is 0 Å². The molecule has 6 nitrogen and oxygen atoms in total. The number of ether oxygens (including phenoxy) is 1. The number of hydrogen-bond donors (Lipinski definition) is 0. The molecule has 0 amide bonds. The summed E-state index contributed by atoms with van der Waals surface area (Å²) in [5.41, 5.74) is 0.356. The molecule has 0 aliphatic rings. The largest absolute Gasteiger partial charge is 0.465 e. The lowest BCUT2D eigenvalue weighted by molar-refractivity contribution is 0.0600. The molecule has 0 bridgehead atoms. The molecule has 0 saturated carbocycles. The van der Waals surface area contributed by atoms with Crippen molar-refractivity contribution in [3.8, 4) is 5.95 Å². The van der Waals surface area contributed by atoms with Crippen molar-refractivity contribution in [1.82, 2.24) is 19.7 Å². The lowest BCUT2D eigenvalue weighted by Gasteiger charge is -1.97. The van der Waals surface area contributed by atoms with Crippen molar-refractivity contribution in [3.05, 3.63) is 34.8 Å². The Morgan fingerprint density at radius 1 is 1.38 bits per heavy atom. The van der Waals surface area contributed by atoms with E-state index in [2.05, 4.69) is 35.7 Å². The lowest BCUT2D eigenvalue weighted by Crippen LogP contribution is -2.02. The van der Waals surface area contributed by atoms with Crippen LogP contribution in [0.5, 0.6) is 0 Å². The highest BCUT2D eigenvalue weighted by Gasteiger charge is 2.10. The summed E-state index contributed by atoms with van der Waals surface area (Å²) in [5.74, 6) is -0.0540. The number of halogens is 1. The van der Waals surface area contributed by atoms with Gasteiger partial charge in [0.2, 0.25) is 0 Å². The van der Waals surface area contributed by atoms with Gasteiger partial charge in [0.05, 0.1) is 23.3 Å². The monoisotopic (exact) mass is 282 g/mol. The first-order valence-electron chi connectivity index (χ1n) is 4.31. The first-order valence-corrected chi connectivity index (χ1v) is 5.11. The average molecular weight is 283 g/mol. The molecule has 2 aromatic rings. The van der Waals surface area contributed by atoms with Crippen molar-refractivity contribution in [2.24, 2.45) is 0 Å². The highest BCUT2D eigenvalue weighted by atomic mass is 79.9. The zero-order valence-corrected chi connectivity index (χ0v) is 9.88. The molecule has 0 atom stereocenters. The molecule has 0 spiro atoms. The number of methoxy groups -OCH3 is 1. The van der Waals surface area contributed by atoms with Crippen LogP contribution in [0.3, 0.4) is 0 Å². The van der Waals surface area contributed by atoms with E-state index in [0.717, 1.165) is 4.47 Å². The molecule has 16 heavy (non-hydrogen) atoms. The summed E-state index contributed by atoms with van der Waals surface area (Å²) in [7, 11) is 1.32. The molecular formula is C9H7BrN4O2. The standard InChI is InChI=1S/C9H7BrN4O2/c1-16-8(15)6-2-13-14(5-6)9-11-3-7(10)4-12-9/h2-5H,1H3. The van der Waals surface area contributed by atoms with Gasteiger partial charge in [-0.15, -0.1) is 0 Å². The molecule has 0 fully saturated rings. The van der Waals surface area contributed by atoms with E-state index in [-0.39, 0.29) is 0 Å². The maximum absolute atomic E-state index is 11.2. The number of aromatic nitrogens is 4. The molecule has 82 valence electrons. The maximum atomic E-state index is 11.2. The van der Waals surface area contributed by atoms with E-state index in [0.29, 0.717) is 11.5 Å². The van der Waals surface area contributed by atoms with Crippen LogP contribution in [0.2, 0.25) is 0 Å². The summed E-state index contributed by atoms with van der Waals surface area (Å²) in [5, 5.41) is 3.96. The molecule has 0 aliphatic heterocycles.